The van der Waals surface area contributed by atoms with Gasteiger partial charge in [-0.1, -0.05) is 35.3 Å². The minimum atomic E-state index is -0.581. The molecule has 2 amide bonds. The molecule has 0 unspecified atom stereocenters. The van der Waals surface area contributed by atoms with Crippen LogP contribution in [0.1, 0.15) is 16.8 Å². The second-order valence-corrected chi connectivity index (χ2v) is 5.50. The topological polar surface area (TPSA) is 58.2 Å². The lowest BCUT2D eigenvalue weighted by molar-refractivity contribution is -0.116. The summed E-state index contributed by atoms with van der Waals surface area (Å²) in [5, 5.41) is 5.62. The maximum atomic E-state index is 13.5. The van der Waals surface area contributed by atoms with Crippen molar-refractivity contribution >= 4 is 40.7 Å². The van der Waals surface area contributed by atoms with Gasteiger partial charge in [0.05, 0.1) is 16.3 Å². The molecule has 0 heterocycles. The number of rotatable bonds is 5. The summed E-state index contributed by atoms with van der Waals surface area (Å²) in [7, 11) is 0. The maximum absolute atomic E-state index is 13.5. The van der Waals surface area contributed by atoms with Crippen molar-refractivity contribution in [1.82, 2.24) is 5.32 Å². The molecule has 0 saturated carbocycles. The minimum Gasteiger partial charge on any atom is -0.351 e. The maximum Gasteiger partial charge on any atom is 0.252 e. The van der Waals surface area contributed by atoms with Gasteiger partial charge in [0, 0.05) is 18.0 Å². The first kappa shape index (κ1) is 17.2. The molecule has 0 atom stereocenters. The van der Waals surface area contributed by atoms with Crippen molar-refractivity contribution in [2.45, 2.75) is 6.42 Å². The lowest BCUT2D eigenvalue weighted by atomic mass is 10.2. The Morgan fingerprint density at radius 2 is 1.83 bits per heavy atom. The van der Waals surface area contributed by atoms with Crippen molar-refractivity contribution in [3.8, 4) is 0 Å². The highest BCUT2D eigenvalue weighted by molar-refractivity contribution is 6.33. The van der Waals surface area contributed by atoms with Crippen LogP contribution in [0, 0.1) is 5.82 Å². The van der Waals surface area contributed by atoms with Crippen LogP contribution in [0.4, 0.5) is 10.1 Å². The van der Waals surface area contributed by atoms with Gasteiger partial charge in [0.25, 0.3) is 5.91 Å². The first-order valence-corrected chi connectivity index (χ1v) is 7.50. The molecule has 2 rings (SSSR count). The monoisotopic (exact) mass is 354 g/mol. The van der Waals surface area contributed by atoms with E-state index in [1.165, 1.54) is 12.1 Å². The predicted molar refractivity (Wildman–Crippen MR) is 88.4 cm³/mol. The quantitative estimate of drug-likeness (QED) is 0.855. The molecule has 0 fully saturated rings. The van der Waals surface area contributed by atoms with Gasteiger partial charge in [0.15, 0.2) is 0 Å². The van der Waals surface area contributed by atoms with E-state index in [1.807, 2.05) is 0 Å². The molecule has 0 saturated heterocycles. The Morgan fingerprint density at radius 1 is 1.09 bits per heavy atom. The largest absolute Gasteiger partial charge is 0.351 e. The third-order valence-electron chi connectivity index (χ3n) is 2.96. The molecule has 0 aliphatic heterocycles. The van der Waals surface area contributed by atoms with Gasteiger partial charge in [0.2, 0.25) is 5.91 Å². The van der Waals surface area contributed by atoms with Gasteiger partial charge >= 0.3 is 0 Å². The van der Waals surface area contributed by atoms with E-state index < -0.39 is 11.7 Å². The average molecular weight is 355 g/mol. The SMILES string of the molecule is O=C(CCNC(=O)c1ccccc1Cl)Nc1cc(Cl)ccc1F. The first-order chi connectivity index (χ1) is 11.0. The Bertz CT molecular complexity index is 738. The van der Waals surface area contributed by atoms with Crippen LogP contribution < -0.4 is 10.6 Å². The van der Waals surface area contributed by atoms with Crippen LogP contribution in [0.2, 0.25) is 10.0 Å². The van der Waals surface area contributed by atoms with E-state index in [-0.39, 0.29) is 24.6 Å². The molecule has 0 aliphatic carbocycles. The van der Waals surface area contributed by atoms with E-state index in [4.69, 9.17) is 23.2 Å². The molecule has 0 bridgehead atoms. The summed E-state index contributed by atoms with van der Waals surface area (Å²) in [4.78, 5) is 23.7. The number of hydrogen-bond donors (Lipinski definition) is 2. The fourth-order valence-electron chi connectivity index (χ4n) is 1.84. The lowest BCUT2D eigenvalue weighted by Crippen LogP contribution is -2.28. The van der Waals surface area contributed by atoms with E-state index in [0.29, 0.717) is 15.6 Å². The van der Waals surface area contributed by atoms with Crippen molar-refractivity contribution in [2.75, 3.05) is 11.9 Å². The van der Waals surface area contributed by atoms with E-state index in [9.17, 15) is 14.0 Å². The highest BCUT2D eigenvalue weighted by Crippen LogP contribution is 2.19. The Kier molecular flexibility index (Phi) is 5.96. The summed E-state index contributed by atoms with van der Waals surface area (Å²) in [6.07, 6.45) is -0.0118. The van der Waals surface area contributed by atoms with Gasteiger partial charge in [-0.15, -0.1) is 0 Å². The van der Waals surface area contributed by atoms with E-state index >= 15 is 0 Å². The summed E-state index contributed by atoms with van der Waals surface area (Å²) in [5.74, 6) is -1.40. The van der Waals surface area contributed by atoms with Gasteiger partial charge in [-0.25, -0.2) is 4.39 Å². The van der Waals surface area contributed by atoms with Crippen molar-refractivity contribution in [3.63, 3.8) is 0 Å². The molecule has 0 spiro atoms. The number of benzene rings is 2. The zero-order chi connectivity index (χ0) is 16.8. The zero-order valence-electron chi connectivity index (χ0n) is 11.9. The third kappa shape index (κ3) is 4.94. The molecule has 0 radical (unpaired) electrons. The Hall–Kier alpha value is -2.11. The molecule has 4 nitrogen and oxygen atoms in total. The van der Waals surface area contributed by atoms with Crippen LogP contribution in [0.25, 0.3) is 0 Å². The molecule has 120 valence electrons. The number of anilines is 1. The van der Waals surface area contributed by atoms with Crippen LogP contribution in [0.15, 0.2) is 42.5 Å². The van der Waals surface area contributed by atoms with Crippen LogP contribution in [0.5, 0.6) is 0 Å². The number of carbonyl (C=O) groups excluding carboxylic acids is 2. The summed E-state index contributed by atoms with van der Waals surface area (Å²) in [5.41, 5.74) is 0.329. The van der Waals surface area contributed by atoms with Gasteiger partial charge in [0.1, 0.15) is 5.82 Å². The van der Waals surface area contributed by atoms with Gasteiger partial charge in [-0.2, -0.15) is 0 Å². The van der Waals surface area contributed by atoms with E-state index in [1.54, 1.807) is 24.3 Å². The molecule has 23 heavy (non-hydrogen) atoms. The van der Waals surface area contributed by atoms with Gasteiger partial charge < -0.3 is 10.6 Å². The molecule has 0 aromatic heterocycles. The molecule has 2 N–H and O–H groups in total. The van der Waals surface area contributed by atoms with Crippen molar-refractivity contribution < 1.29 is 14.0 Å². The molecular weight excluding hydrogens is 342 g/mol. The summed E-state index contributed by atoms with van der Waals surface area (Å²) in [6, 6.07) is 10.5. The molecule has 2 aromatic rings. The van der Waals surface area contributed by atoms with Crippen molar-refractivity contribution in [1.29, 1.82) is 0 Å². The fourth-order valence-corrected chi connectivity index (χ4v) is 2.23. The smallest absolute Gasteiger partial charge is 0.252 e. The number of amides is 2. The first-order valence-electron chi connectivity index (χ1n) is 6.75. The predicted octanol–water partition coefficient (Wildman–Crippen LogP) is 3.89. The standard InChI is InChI=1S/C16H13Cl2FN2O2/c17-10-5-6-13(19)14(9-10)21-15(22)7-8-20-16(23)11-3-1-2-4-12(11)18/h1-6,9H,7-8H2,(H,20,23)(H,21,22). The number of carbonyl (C=O) groups is 2. The molecule has 7 heteroatoms. The summed E-state index contributed by atoms with van der Waals surface area (Å²) in [6.45, 7) is 0.0953. The van der Waals surface area contributed by atoms with Crippen LogP contribution in [-0.2, 0) is 4.79 Å². The van der Waals surface area contributed by atoms with Crippen LogP contribution in [-0.4, -0.2) is 18.4 Å². The molecule has 2 aromatic carbocycles. The highest BCUT2D eigenvalue weighted by atomic mass is 35.5. The summed E-state index contributed by atoms with van der Waals surface area (Å²) >= 11 is 11.6. The molecular formula is C16H13Cl2FN2O2. The van der Waals surface area contributed by atoms with Crippen molar-refractivity contribution in [3.05, 3.63) is 63.9 Å². The second-order valence-electron chi connectivity index (χ2n) is 4.66. The Morgan fingerprint density at radius 3 is 2.57 bits per heavy atom. The van der Waals surface area contributed by atoms with Gasteiger partial charge in [-0.05, 0) is 30.3 Å². The zero-order valence-corrected chi connectivity index (χ0v) is 13.4. The van der Waals surface area contributed by atoms with Crippen LogP contribution >= 0.6 is 23.2 Å². The number of halogens is 3. The lowest BCUT2D eigenvalue weighted by Gasteiger charge is -2.08. The normalized spacial score (nSPS) is 10.2. The van der Waals surface area contributed by atoms with Crippen LogP contribution in [0.3, 0.4) is 0 Å². The number of nitrogens with one attached hydrogen (secondary N) is 2. The minimum absolute atomic E-state index is 0.0000645. The van der Waals surface area contributed by atoms with E-state index in [0.717, 1.165) is 6.07 Å². The fraction of sp³-hybridized carbons (Fsp3) is 0.125. The number of hydrogen-bond acceptors (Lipinski definition) is 2. The summed E-state index contributed by atoms with van der Waals surface area (Å²) < 4.78 is 13.5. The second kappa shape index (κ2) is 7.94. The third-order valence-corrected chi connectivity index (χ3v) is 3.52. The Labute approximate surface area is 142 Å². The van der Waals surface area contributed by atoms with Gasteiger partial charge in [-0.3, -0.25) is 9.59 Å². The Balaban J connectivity index is 1.84. The molecule has 0 aliphatic rings. The van der Waals surface area contributed by atoms with E-state index in [2.05, 4.69) is 10.6 Å². The van der Waals surface area contributed by atoms with Crippen molar-refractivity contribution in [2.24, 2.45) is 0 Å². The average Bonchev–Trinajstić information content (AvgIpc) is 2.51. The highest BCUT2D eigenvalue weighted by Gasteiger charge is 2.11.